The van der Waals surface area contributed by atoms with Crippen LogP contribution in [0.3, 0.4) is 0 Å². The van der Waals surface area contributed by atoms with Crippen LogP contribution in [0.25, 0.3) is 22.2 Å². The molecule has 0 aliphatic rings. The van der Waals surface area contributed by atoms with Crippen LogP contribution in [-0.4, -0.2) is 27.5 Å². The number of carbonyl (C=O) groups is 1. The van der Waals surface area contributed by atoms with Gasteiger partial charge in [-0.3, -0.25) is 10.1 Å². The molecule has 28 heavy (non-hydrogen) atoms. The molecule has 2 aromatic carbocycles. The summed E-state index contributed by atoms with van der Waals surface area (Å²) in [7, 11) is 0. The number of amides is 1. The van der Waals surface area contributed by atoms with Crippen LogP contribution >= 0.6 is 0 Å². The minimum absolute atomic E-state index is 0.0338. The summed E-state index contributed by atoms with van der Waals surface area (Å²) in [6.45, 7) is -2.92. The molecule has 7 nitrogen and oxygen atoms in total. The number of hydrogen-bond donors (Lipinski definition) is 1. The number of anilines is 1. The molecule has 1 amide bonds. The van der Waals surface area contributed by atoms with Gasteiger partial charge in [0.2, 0.25) is 5.95 Å². The van der Waals surface area contributed by atoms with E-state index in [4.69, 9.17) is 4.42 Å². The van der Waals surface area contributed by atoms with Gasteiger partial charge in [-0.2, -0.15) is 8.78 Å². The molecule has 0 saturated heterocycles. The van der Waals surface area contributed by atoms with Gasteiger partial charge in [-0.05, 0) is 30.3 Å². The van der Waals surface area contributed by atoms with Crippen LogP contribution in [0.2, 0.25) is 0 Å². The molecule has 4 rings (SSSR count). The third-order valence-electron chi connectivity index (χ3n) is 3.87. The molecule has 0 saturated carbocycles. The monoisotopic (exact) mass is 382 g/mol. The van der Waals surface area contributed by atoms with E-state index in [2.05, 4.69) is 25.0 Å². The van der Waals surface area contributed by atoms with Crippen molar-refractivity contribution in [2.75, 3.05) is 5.32 Å². The Morgan fingerprint density at radius 3 is 2.64 bits per heavy atom. The molecule has 0 atom stereocenters. The highest BCUT2D eigenvalue weighted by molar-refractivity contribution is 6.03. The summed E-state index contributed by atoms with van der Waals surface area (Å²) in [4.78, 5) is 24.7. The first kappa shape index (κ1) is 17.5. The summed E-state index contributed by atoms with van der Waals surface area (Å²) in [5.41, 5.74) is 1.65. The maximum absolute atomic E-state index is 12.3. The van der Waals surface area contributed by atoms with Crippen LogP contribution in [0.4, 0.5) is 14.7 Å². The van der Waals surface area contributed by atoms with Crippen molar-refractivity contribution in [3.05, 3.63) is 66.8 Å². The molecular formula is C19H12F2N4O3. The number of nitrogens with one attached hydrogen (secondary N) is 1. The van der Waals surface area contributed by atoms with Gasteiger partial charge in [-0.25, -0.2) is 15.0 Å². The van der Waals surface area contributed by atoms with Crippen LogP contribution < -0.4 is 10.1 Å². The number of benzene rings is 2. The summed E-state index contributed by atoms with van der Waals surface area (Å²) < 4.78 is 33.9. The van der Waals surface area contributed by atoms with E-state index in [-0.39, 0.29) is 17.3 Å². The Balaban J connectivity index is 1.54. The van der Waals surface area contributed by atoms with Crippen molar-refractivity contribution < 1.29 is 22.7 Å². The number of nitrogens with zero attached hydrogens (tertiary/aromatic N) is 3. The quantitative estimate of drug-likeness (QED) is 0.558. The van der Waals surface area contributed by atoms with Crippen LogP contribution in [-0.2, 0) is 0 Å². The molecular weight excluding hydrogens is 370 g/mol. The Labute approximate surface area is 157 Å². The first-order valence-corrected chi connectivity index (χ1v) is 8.10. The number of oxazole rings is 1. The zero-order valence-corrected chi connectivity index (χ0v) is 14.2. The van der Waals surface area contributed by atoms with Gasteiger partial charge < -0.3 is 9.15 Å². The lowest BCUT2D eigenvalue weighted by atomic mass is 10.1. The van der Waals surface area contributed by atoms with Crippen molar-refractivity contribution in [1.29, 1.82) is 0 Å². The number of fused-ring (bicyclic) bond motifs is 1. The van der Waals surface area contributed by atoms with Crippen LogP contribution in [0.1, 0.15) is 10.4 Å². The second-order valence-corrected chi connectivity index (χ2v) is 5.69. The van der Waals surface area contributed by atoms with Gasteiger partial charge in [0.25, 0.3) is 5.91 Å². The third-order valence-corrected chi connectivity index (χ3v) is 3.87. The number of rotatable bonds is 5. The molecule has 2 aromatic heterocycles. The van der Waals surface area contributed by atoms with Crippen molar-refractivity contribution >= 4 is 22.8 Å². The summed E-state index contributed by atoms with van der Waals surface area (Å²) >= 11 is 0. The van der Waals surface area contributed by atoms with E-state index in [1.807, 2.05) is 12.1 Å². The first-order valence-electron chi connectivity index (χ1n) is 8.10. The molecule has 4 aromatic rings. The normalized spacial score (nSPS) is 11.0. The predicted molar refractivity (Wildman–Crippen MR) is 96.1 cm³/mol. The minimum atomic E-state index is -2.92. The van der Waals surface area contributed by atoms with Crippen molar-refractivity contribution in [1.82, 2.24) is 15.0 Å². The van der Waals surface area contributed by atoms with Gasteiger partial charge in [-0.15, -0.1) is 0 Å². The number of alkyl halides is 2. The molecule has 2 heterocycles. The molecule has 0 bridgehead atoms. The predicted octanol–water partition coefficient (Wildman–Crippen LogP) is 4.14. The van der Waals surface area contributed by atoms with Crippen LogP contribution in [0, 0.1) is 0 Å². The van der Waals surface area contributed by atoms with Gasteiger partial charge in [-0.1, -0.05) is 12.1 Å². The fourth-order valence-corrected chi connectivity index (χ4v) is 2.56. The van der Waals surface area contributed by atoms with Crippen molar-refractivity contribution in [2.24, 2.45) is 0 Å². The second-order valence-electron chi connectivity index (χ2n) is 5.69. The second kappa shape index (κ2) is 7.39. The molecule has 0 fully saturated rings. The van der Waals surface area contributed by atoms with Gasteiger partial charge in [0.15, 0.2) is 12.2 Å². The number of carbonyl (C=O) groups excluding carboxylic acids is 1. The summed E-state index contributed by atoms with van der Waals surface area (Å²) in [6.07, 6.45) is 4.51. The number of ether oxygens (including phenoxy) is 1. The topological polar surface area (TPSA) is 90.1 Å². The van der Waals surface area contributed by atoms with Gasteiger partial charge >= 0.3 is 6.61 Å². The smallest absolute Gasteiger partial charge is 0.387 e. The maximum atomic E-state index is 12.3. The van der Waals surface area contributed by atoms with Gasteiger partial charge in [0.1, 0.15) is 5.75 Å². The molecule has 0 aliphatic carbocycles. The van der Waals surface area contributed by atoms with Gasteiger partial charge in [0, 0.05) is 22.7 Å². The highest BCUT2D eigenvalue weighted by Gasteiger charge is 2.11. The average Bonchev–Trinajstić information content (AvgIpc) is 3.22. The number of halogens is 2. The first-order chi connectivity index (χ1) is 13.6. The lowest BCUT2D eigenvalue weighted by Gasteiger charge is -2.07. The average molecular weight is 382 g/mol. The van der Waals surface area contributed by atoms with E-state index in [0.29, 0.717) is 11.3 Å². The fraction of sp³-hybridized carbons (Fsp3) is 0.0526. The van der Waals surface area contributed by atoms with E-state index in [9.17, 15) is 13.6 Å². The summed E-state index contributed by atoms with van der Waals surface area (Å²) in [5.74, 6) is 0.195. The highest BCUT2D eigenvalue weighted by atomic mass is 19.3. The fourth-order valence-electron chi connectivity index (χ4n) is 2.56. The SMILES string of the molecule is O=C(Nc1ncc2ccc(-c3cnco3)cc2n1)c1ccc(OC(F)F)cc1. The maximum Gasteiger partial charge on any atom is 0.387 e. The standard InChI is InChI=1S/C19H12F2N4O3/c20-18(21)28-14-5-3-11(4-6-14)17(26)25-19-23-8-13-2-1-12(7-15(13)24-19)16-9-22-10-27-16/h1-10,18H,(H,23,24,25,26). The van der Waals surface area contributed by atoms with E-state index in [0.717, 1.165) is 10.9 Å². The highest BCUT2D eigenvalue weighted by Crippen LogP contribution is 2.23. The van der Waals surface area contributed by atoms with Crippen molar-refractivity contribution in [3.8, 4) is 17.1 Å². The molecule has 9 heteroatoms. The number of hydrogen-bond acceptors (Lipinski definition) is 6. The Hall–Kier alpha value is -3.88. The third kappa shape index (κ3) is 3.78. The Kier molecular flexibility index (Phi) is 4.63. The van der Waals surface area contributed by atoms with Crippen LogP contribution in [0.5, 0.6) is 5.75 Å². The molecule has 0 spiro atoms. The van der Waals surface area contributed by atoms with E-state index in [1.165, 1.54) is 30.7 Å². The summed E-state index contributed by atoms with van der Waals surface area (Å²) in [6, 6.07) is 10.8. The van der Waals surface area contributed by atoms with Crippen LogP contribution in [0.15, 0.2) is 65.7 Å². The number of aromatic nitrogens is 3. The zero-order chi connectivity index (χ0) is 19.5. The largest absolute Gasteiger partial charge is 0.444 e. The Morgan fingerprint density at radius 1 is 1.11 bits per heavy atom. The van der Waals surface area contributed by atoms with Crippen molar-refractivity contribution in [3.63, 3.8) is 0 Å². The Bertz CT molecular complexity index is 1120. The lowest BCUT2D eigenvalue weighted by molar-refractivity contribution is -0.0498. The van der Waals surface area contributed by atoms with E-state index >= 15 is 0 Å². The summed E-state index contributed by atoms with van der Waals surface area (Å²) in [5, 5.41) is 3.37. The Morgan fingerprint density at radius 2 is 1.93 bits per heavy atom. The van der Waals surface area contributed by atoms with Crippen molar-refractivity contribution in [2.45, 2.75) is 6.61 Å². The van der Waals surface area contributed by atoms with E-state index in [1.54, 1.807) is 18.5 Å². The minimum Gasteiger partial charge on any atom is -0.444 e. The molecule has 0 unspecified atom stereocenters. The zero-order valence-electron chi connectivity index (χ0n) is 14.2. The molecule has 0 aliphatic heterocycles. The van der Waals surface area contributed by atoms with E-state index < -0.39 is 12.5 Å². The molecule has 140 valence electrons. The molecule has 1 N–H and O–H groups in total. The van der Waals surface area contributed by atoms with Gasteiger partial charge in [0.05, 0.1) is 11.7 Å². The molecule has 0 radical (unpaired) electrons. The lowest BCUT2D eigenvalue weighted by Crippen LogP contribution is -2.14.